The molecular formula is C27H40N2. The maximum Gasteiger partial charge on any atom is 0.0215 e. The molecule has 1 fully saturated rings. The molecule has 2 heteroatoms. The van der Waals surface area contributed by atoms with Gasteiger partial charge in [-0.3, -0.25) is 0 Å². The SMILES string of the molecule is CCCC(CN1CCN(C)CC1)C(C)(c1cccc(C)c1)c1cccc(CC)c1. The summed E-state index contributed by atoms with van der Waals surface area (Å²) in [5.41, 5.74) is 5.77. The maximum atomic E-state index is 2.71. The van der Waals surface area contributed by atoms with Crippen molar-refractivity contribution in [3.63, 3.8) is 0 Å². The van der Waals surface area contributed by atoms with Gasteiger partial charge in [-0.15, -0.1) is 0 Å². The molecule has 0 bridgehead atoms. The van der Waals surface area contributed by atoms with Crippen molar-refractivity contribution in [2.24, 2.45) is 5.92 Å². The highest BCUT2D eigenvalue weighted by Gasteiger charge is 2.38. The average molecular weight is 393 g/mol. The average Bonchev–Trinajstić information content (AvgIpc) is 2.74. The zero-order valence-electron chi connectivity index (χ0n) is 19.2. The zero-order valence-corrected chi connectivity index (χ0v) is 19.2. The van der Waals surface area contributed by atoms with E-state index in [1.807, 2.05) is 0 Å². The highest BCUT2D eigenvalue weighted by atomic mass is 15.2. The van der Waals surface area contributed by atoms with E-state index in [1.165, 1.54) is 67.8 Å². The van der Waals surface area contributed by atoms with Gasteiger partial charge in [-0.1, -0.05) is 81.3 Å². The summed E-state index contributed by atoms with van der Waals surface area (Å²) in [5.74, 6) is 0.602. The molecule has 2 aromatic carbocycles. The molecule has 0 aromatic heterocycles. The Balaban J connectivity index is 2.03. The van der Waals surface area contributed by atoms with E-state index in [0.717, 1.165) is 6.42 Å². The second-order valence-corrected chi connectivity index (χ2v) is 9.22. The van der Waals surface area contributed by atoms with Crippen molar-refractivity contribution in [3.8, 4) is 0 Å². The van der Waals surface area contributed by atoms with Gasteiger partial charge in [0.25, 0.3) is 0 Å². The summed E-state index contributed by atoms with van der Waals surface area (Å²) >= 11 is 0. The zero-order chi connectivity index (χ0) is 20.9. The number of hydrogen-bond acceptors (Lipinski definition) is 2. The number of hydrogen-bond donors (Lipinski definition) is 0. The molecule has 0 N–H and O–H groups in total. The fraction of sp³-hybridized carbons (Fsp3) is 0.556. The number of benzene rings is 2. The Labute approximate surface area is 178 Å². The van der Waals surface area contributed by atoms with E-state index in [0.29, 0.717) is 5.92 Å². The Hall–Kier alpha value is -1.64. The number of likely N-dealkylation sites (N-methyl/N-ethyl adjacent to an activating group) is 1. The molecule has 2 unspecified atom stereocenters. The lowest BCUT2D eigenvalue weighted by atomic mass is 9.65. The molecule has 1 aliphatic rings. The first-order valence-corrected chi connectivity index (χ1v) is 11.5. The second-order valence-electron chi connectivity index (χ2n) is 9.22. The van der Waals surface area contributed by atoms with E-state index in [2.05, 4.69) is 93.1 Å². The van der Waals surface area contributed by atoms with Gasteiger partial charge < -0.3 is 9.80 Å². The van der Waals surface area contributed by atoms with Crippen LogP contribution in [0.1, 0.15) is 55.9 Å². The molecule has 0 amide bonds. The Kier molecular flexibility index (Phi) is 7.54. The van der Waals surface area contributed by atoms with Gasteiger partial charge >= 0.3 is 0 Å². The van der Waals surface area contributed by atoms with E-state index in [1.54, 1.807) is 0 Å². The molecule has 0 spiro atoms. The van der Waals surface area contributed by atoms with Gasteiger partial charge in [0, 0.05) is 38.1 Å². The molecular weight excluding hydrogens is 352 g/mol. The van der Waals surface area contributed by atoms with Crippen molar-refractivity contribution in [1.82, 2.24) is 9.80 Å². The first kappa shape index (κ1) is 22.1. The summed E-state index contributed by atoms with van der Waals surface area (Å²) < 4.78 is 0. The quantitative estimate of drug-likeness (QED) is 0.583. The van der Waals surface area contributed by atoms with E-state index in [-0.39, 0.29) is 5.41 Å². The highest BCUT2D eigenvalue weighted by molar-refractivity contribution is 5.42. The molecule has 2 atom stereocenters. The standard InChI is InChI=1S/C27H40N2/c1-6-10-26(21-29-17-15-28(5)16-18-29)27(4,24-13-8-11-22(3)19-24)25-14-9-12-23(7-2)20-25/h8-9,11-14,19-20,26H,6-7,10,15-18,21H2,1-5H3. The van der Waals surface area contributed by atoms with Crippen LogP contribution in [-0.2, 0) is 11.8 Å². The Bertz CT molecular complexity index is 776. The van der Waals surface area contributed by atoms with Crippen LogP contribution in [0.2, 0.25) is 0 Å². The summed E-state index contributed by atoms with van der Waals surface area (Å²) in [5, 5.41) is 0. The minimum absolute atomic E-state index is 0.0244. The monoisotopic (exact) mass is 392 g/mol. The summed E-state index contributed by atoms with van der Waals surface area (Å²) in [6, 6.07) is 18.6. The third-order valence-corrected chi connectivity index (χ3v) is 7.08. The van der Waals surface area contributed by atoms with Gasteiger partial charge in [-0.25, -0.2) is 0 Å². The minimum Gasteiger partial charge on any atom is -0.304 e. The lowest BCUT2D eigenvalue weighted by molar-refractivity contribution is 0.117. The Morgan fingerprint density at radius 2 is 1.59 bits per heavy atom. The lowest BCUT2D eigenvalue weighted by Crippen LogP contribution is -2.49. The molecule has 1 heterocycles. The number of aryl methyl sites for hydroxylation is 2. The van der Waals surface area contributed by atoms with Crippen molar-refractivity contribution < 1.29 is 0 Å². The van der Waals surface area contributed by atoms with Gasteiger partial charge in [0.05, 0.1) is 0 Å². The predicted molar refractivity (Wildman–Crippen MR) is 126 cm³/mol. The van der Waals surface area contributed by atoms with Crippen molar-refractivity contribution >= 4 is 0 Å². The van der Waals surface area contributed by atoms with E-state index < -0.39 is 0 Å². The fourth-order valence-electron chi connectivity index (χ4n) is 4.97. The van der Waals surface area contributed by atoms with Crippen LogP contribution in [0.3, 0.4) is 0 Å². The third-order valence-electron chi connectivity index (χ3n) is 7.08. The Morgan fingerprint density at radius 1 is 0.931 bits per heavy atom. The van der Waals surface area contributed by atoms with Crippen molar-refractivity contribution in [2.45, 2.75) is 52.4 Å². The number of piperazine rings is 1. The van der Waals surface area contributed by atoms with Crippen LogP contribution in [0.25, 0.3) is 0 Å². The molecule has 0 aliphatic carbocycles. The van der Waals surface area contributed by atoms with Crippen LogP contribution < -0.4 is 0 Å². The first-order chi connectivity index (χ1) is 14.0. The van der Waals surface area contributed by atoms with Crippen LogP contribution >= 0.6 is 0 Å². The van der Waals surface area contributed by atoms with Crippen LogP contribution in [0, 0.1) is 12.8 Å². The Morgan fingerprint density at radius 3 is 2.21 bits per heavy atom. The smallest absolute Gasteiger partial charge is 0.0215 e. The van der Waals surface area contributed by atoms with E-state index >= 15 is 0 Å². The molecule has 0 radical (unpaired) electrons. The second kappa shape index (κ2) is 9.91. The largest absolute Gasteiger partial charge is 0.304 e. The van der Waals surface area contributed by atoms with E-state index in [9.17, 15) is 0 Å². The van der Waals surface area contributed by atoms with Crippen LogP contribution in [0.5, 0.6) is 0 Å². The molecule has 3 rings (SSSR count). The first-order valence-electron chi connectivity index (χ1n) is 11.5. The van der Waals surface area contributed by atoms with Gasteiger partial charge in [0.15, 0.2) is 0 Å². The summed E-state index contributed by atoms with van der Waals surface area (Å²) in [6.07, 6.45) is 3.58. The lowest BCUT2D eigenvalue weighted by Gasteiger charge is -2.43. The number of nitrogens with zero attached hydrogens (tertiary/aromatic N) is 2. The molecule has 29 heavy (non-hydrogen) atoms. The third kappa shape index (κ3) is 5.10. The fourth-order valence-corrected chi connectivity index (χ4v) is 4.97. The molecule has 158 valence electrons. The summed E-state index contributed by atoms with van der Waals surface area (Å²) in [6.45, 7) is 15.3. The summed E-state index contributed by atoms with van der Waals surface area (Å²) in [4.78, 5) is 5.16. The van der Waals surface area contributed by atoms with Crippen LogP contribution in [0.4, 0.5) is 0 Å². The van der Waals surface area contributed by atoms with Crippen LogP contribution in [-0.4, -0.2) is 49.6 Å². The molecule has 0 saturated carbocycles. The topological polar surface area (TPSA) is 6.48 Å². The van der Waals surface area contributed by atoms with Gasteiger partial charge in [0.2, 0.25) is 0 Å². The molecule has 1 saturated heterocycles. The van der Waals surface area contributed by atoms with Gasteiger partial charge in [-0.2, -0.15) is 0 Å². The molecule has 2 nitrogen and oxygen atoms in total. The normalized spacial score (nSPS) is 19.1. The maximum absolute atomic E-state index is 2.71. The van der Waals surface area contributed by atoms with Crippen molar-refractivity contribution in [1.29, 1.82) is 0 Å². The molecule has 2 aromatic rings. The minimum atomic E-state index is 0.0244. The molecule has 1 aliphatic heterocycles. The van der Waals surface area contributed by atoms with Gasteiger partial charge in [0.1, 0.15) is 0 Å². The van der Waals surface area contributed by atoms with Crippen LogP contribution in [0.15, 0.2) is 48.5 Å². The predicted octanol–water partition coefficient (Wildman–Crippen LogP) is 5.53. The highest BCUT2D eigenvalue weighted by Crippen LogP contribution is 2.42. The van der Waals surface area contributed by atoms with Crippen molar-refractivity contribution in [3.05, 3.63) is 70.8 Å². The van der Waals surface area contributed by atoms with Gasteiger partial charge in [-0.05, 0) is 49.4 Å². The van der Waals surface area contributed by atoms with Crippen molar-refractivity contribution in [2.75, 3.05) is 39.8 Å². The van der Waals surface area contributed by atoms with E-state index in [4.69, 9.17) is 0 Å². The summed E-state index contributed by atoms with van der Waals surface area (Å²) in [7, 11) is 2.24. The number of rotatable bonds is 8.